The molecule has 6 nitrogen and oxygen atoms in total. The van der Waals surface area contributed by atoms with E-state index >= 15 is 0 Å². The molecule has 2 aliphatic rings. The summed E-state index contributed by atoms with van der Waals surface area (Å²) in [6, 6.07) is 10.2. The van der Waals surface area contributed by atoms with E-state index in [1.54, 1.807) is 6.20 Å². The van der Waals surface area contributed by atoms with E-state index in [4.69, 9.17) is 4.74 Å². The number of amides is 1. The van der Waals surface area contributed by atoms with E-state index in [-0.39, 0.29) is 11.9 Å². The number of ether oxygens (including phenoxy) is 1. The average molecular weight is 340 g/mol. The van der Waals surface area contributed by atoms with Crippen molar-refractivity contribution in [2.24, 2.45) is 0 Å². The second kappa shape index (κ2) is 7.27. The number of nitrogens with zero attached hydrogens (tertiary/aromatic N) is 4. The van der Waals surface area contributed by atoms with Gasteiger partial charge in [0, 0.05) is 49.8 Å². The Morgan fingerprint density at radius 3 is 2.64 bits per heavy atom. The van der Waals surface area contributed by atoms with Gasteiger partial charge >= 0.3 is 0 Å². The van der Waals surface area contributed by atoms with Gasteiger partial charge in [-0.1, -0.05) is 0 Å². The van der Waals surface area contributed by atoms with Crippen molar-refractivity contribution in [2.75, 3.05) is 44.3 Å². The SMILES string of the molecule is O=C(c1ccc(N2CCOCC2)cc1)N1CCCC(n2cccn2)C1. The minimum Gasteiger partial charge on any atom is -0.378 e. The lowest BCUT2D eigenvalue weighted by Gasteiger charge is -2.33. The smallest absolute Gasteiger partial charge is 0.253 e. The molecule has 1 atom stereocenters. The molecule has 2 saturated heterocycles. The highest BCUT2D eigenvalue weighted by atomic mass is 16.5. The first-order valence-corrected chi connectivity index (χ1v) is 9.02. The first kappa shape index (κ1) is 16.1. The highest BCUT2D eigenvalue weighted by molar-refractivity contribution is 5.94. The van der Waals surface area contributed by atoms with Gasteiger partial charge in [-0.05, 0) is 43.2 Å². The largest absolute Gasteiger partial charge is 0.378 e. The molecule has 132 valence electrons. The monoisotopic (exact) mass is 340 g/mol. The van der Waals surface area contributed by atoms with Gasteiger partial charge in [0.2, 0.25) is 0 Å². The van der Waals surface area contributed by atoms with Gasteiger partial charge in [-0.25, -0.2) is 0 Å². The Kier molecular flexibility index (Phi) is 4.70. The Bertz CT molecular complexity index is 693. The van der Waals surface area contributed by atoms with E-state index in [1.807, 2.05) is 46.1 Å². The van der Waals surface area contributed by atoms with Crippen LogP contribution in [-0.4, -0.2) is 60.0 Å². The lowest BCUT2D eigenvalue weighted by molar-refractivity contribution is 0.0673. The minimum atomic E-state index is 0.116. The number of carbonyl (C=O) groups excluding carboxylic acids is 1. The van der Waals surface area contributed by atoms with Crippen molar-refractivity contribution in [3.63, 3.8) is 0 Å². The fourth-order valence-electron chi connectivity index (χ4n) is 3.67. The maximum atomic E-state index is 12.9. The van der Waals surface area contributed by atoms with Crippen LogP contribution in [0.1, 0.15) is 29.2 Å². The van der Waals surface area contributed by atoms with Gasteiger partial charge < -0.3 is 14.5 Å². The van der Waals surface area contributed by atoms with Crippen LogP contribution in [0.2, 0.25) is 0 Å². The number of aromatic nitrogens is 2. The normalized spacial score (nSPS) is 21.4. The summed E-state index contributed by atoms with van der Waals surface area (Å²) < 4.78 is 7.37. The molecule has 0 bridgehead atoms. The van der Waals surface area contributed by atoms with Crippen LogP contribution in [0.4, 0.5) is 5.69 Å². The highest BCUT2D eigenvalue weighted by Crippen LogP contribution is 2.23. The van der Waals surface area contributed by atoms with Crippen molar-refractivity contribution < 1.29 is 9.53 Å². The van der Waals surface area contributed by atoms with Crippen molar-refractivity contribution in [3.05, 3.63) is 48.3 Å². The van der Waals surface area contributed by atoms with Crippen molar-refractivity contribution >= 4 is 11.6 Å². The van der Waals surface area contributed by atoms with Gasteiger partial charge in [-0.3, -0.25) is 9.48 Å². The van der Waals surface area contributed by atoms with E-state index in [2.05, 4.69) is 10.00 Å². The fourth-order valence-corrected chi connectivity index (χ4v) is 3.67. The van der Waals surface area contributed by atoms with Crippen LogP contribution in [0.3, 0.4) is 0 Å². The number of piperidine rings is 1. The number of anilines is 1. The van der Waals surface area contributed by atoms with Crippen molar-refractivity contribution in [1.82, 2.24) is 14.7 Å². The number of hydrogen-bond acceptors (Lipinski definition) is 4. The van der Waals surface area contributed by atoms with E-state index in [0.717, 1.165) is 63.5 Å². The number of benzene rings is 1. The number of hydrogen-bond donors (Lipinski definition) is 0. The Balaban J connectivity index is 1.43. The van der Waals surface area contributed by atoms with Gasteiger partial charge in [0.1, 0.15) is 0 Å². The summed E-state index contributed by atoms with van der Waals surface area (Å²) in [5, 5.41) is 4.33. The van der Waals surface area contributed by atoms with E-state index < -0.39 is 0 Å². The molecular formula is C19H24N4O2. The summed E-state index contributed by atoms with van der Waals surface area (Å²) >= 11 is 0. The van der Waals surface area contributed by atoms with Crippen LogP contribution >= 0.6 is 0 Å². The predicted octanol–water partition coefficient (Wildman–Crippen LogP) is 2.20. The first-order chi connectivity index (χ1) is 12.3. The molecule has 1 aromatic carbocycles. The molecule has 6 heteroatoms. The Labute approximate surface area is 148 Å². The Hall–Kier alpha value is -2.34. The Morgan fingerprint density at radius 2 is 1.92 bits per heavy atom. The van der Waals surface area contributed by atoms with Crippen LogP contribution in [0.25, 0.3) is 0 Å². The maximum absolute atomic E-state index is 12.9. The van der Waals surface area contributed by atoms with Gasteiger partial charge in [0.25, 0.3) is 5.91 Å². The Morgan fingerprint density at radius 1 is 1.12 bits per heavy atom. The molecule has 2 fully saturated rings. The topological polar surface area (TPSA) is 50.6 Å². The molecule has 0 radical (unpaired) electrons. The molecule has 3 heterocycles. The summed E-state index contributed by atoms with van der Waals surface area (Å²) in [6.07, 6.45) is 5.87. The van der Waals surface area contributed by atoms with E-state index in [1.165, 1.54) is 0 Å². The number of likely N-dealkylation sites (tertiary alicyclic amines) is 1. The third kappa shape index (κ3) is 3.54. The molecule has 1 amide bonds. The van der Waals surface area contributed by atoms with Crippen LogP contribution in [0.5, 0.6) is 0 Å². The standard InChI is InChI=1S/C19H24N4O2/c24-19(22-9-1-3-18(15-22)23-10-2-8-20-23)16-4-6-17(7-5-16)21-11-13-25-14-12-21/h2,4-8,10,18H,1,3,9,11-15H2. The number of morpholine rings is 1. The van der Waals surface area contributed by atoms with Crippen molar-refractivity contribution in [1.29, 1.82) is 0 Å². The average Bonchev–Trinajstić information content (AvgIpc) is 3.23. The molecule has 1 aromatic heterocycles. The summed E-state index contributed by atoms with van der Waals surface area (Å²) in [4.78, 5) is 17.1. The third-order valence-electron chi connectivity index (χ3n) is 5.07. The zero-order valence-electron chi connectivity index (χ0n) is 14.4. The molecule has 0 aliphatic carbocycles. The first-order valence-electron chi connectivity index (χ1n) is 9.02. The molecule has 1 unspecified atom stereocenters. The second-order valence-corrected chi connectivity index (χ2v) is 6.68. The molecule has 25 heavy (non-hydrogen) atoms. The van der Waals surface area contributed by atoms with Gasteiger partial charge in [0.15, 0.2) is 0 Å². The van der Waals surface area contributed by atoms with Gasteiger partial charge in [-0.15, -0.1) is 0 Å². The lowest BCUT2D eigenvalue weighted by atomic mass is 10.0. The molecule has 0 N–H and O–H groups in total. The minimum absolute atomic E-state index is 0.116. The van der Waals surface area contributed by atoms with Gasteiger partial charge in [-0.2, -0.15) is 5.10 Å². The molecule has 2 aromatic rings. The summed E-state index contributed by atoms with van der Waals surface area (Å²) in [5.74, 6) is 0.116. The predicted molar refractivity (Wildman–Crippen MR) is 95.9 cm³/mol. The van der Waals surface area contributed by atoms with Gasteiger partial charge in [0.05, 0.1) is 19.3 Å². The maximum Gasteiger partial charge on any atom is 0.253 e. The molecule has 2 aliphatic heterocycles. The van der Waals surface area contributed by atoms with Crippen LogP contribution in [-0.2, 0) is 4.74 Å². The zero-order valence-corrected chi connectivity index (χ0v) is 14.4. The third-order valence-corrected chi connectivity index (χ3v) is 5.07. The number of carbonyl (C=O) groups is 1. The quantitative estimate of drug-likeness (QED) is 0.859. The molecule has 4 rings (SSSR count). The van der Waals surface area contributed by atoms with Crippen molar-refractivity contribution in [3.8, 4) is 0 Å². The van der Waals surface area contributed by atoms with E-state index in [0.29, 0.717) is 0 Å². The summed E-state index contributed by atoms with van der Waals surface area (Å²) in [5.41, 5.74) is 1.92. The zero-order chi connectivity index (χ0) is 17.1. The fraction of sp³-hybridized carbons (Fsp3) is 0.474. The second-order valence-electron chi connectivity index (χ2n) is 6.68. The summed E-state index contributed by atoms with van der Waals surface area (Å²) in [6.45, 7) is 4.90. The van der Waals surface area contributed by atoms with Crippen LogP contribution < -0.4 is 4.90 Å². The molecular weight excluding hydrogens is 316 g/mol. The van der Waals surface area contributed by atoms with Crippen LogP contribution in [0.15, 0.2) is 42.7 Å². The highest BCUT2D eigenvalue weighted by Gasteiger charge is 2.25. The number of rotatable bonds is 3. The molecule has 0 saturated carbocycles. The summed E-state index contributed by atoms with van der Waals surface area (Å²) in [7, 11) is 0. The van der Waals surface area contributed by atoms with Crippen molar-refractivity contribution in [2.45, 2.75) is 18.9 Å². The van der Waals surface area contributed by atoms with E-state index in [9.17, 15) is 4.79 Å². The van der Waals surface area contributed by atoms with Crippen LogP contribution in [0, 0.1) is 0 Å². The molecule has 0 spiro atoms. The lowest BCUT2D eigenvalue weighted by Crippen LogP contribution is -2.41.